The van der Waals surface area contributed by atoms with E-state index in [-0.39, 0.29) is 37.7 Å². The number of aliphatic hydroxyl groups is 6. The normalized spacial score (nSPS) is 35.1. The number of nitrogens with one attached hydrogen (secondary N) is 8. The van der Waals surface area contributed by atoms with Crippen LogP contribution < -0.4 is 42.5 Å². The Labute approximate surface area is 526 Å². The predicted molar refractivity (Wildman–Crippen MR) is 363 cm³/mol. The van der Waals surface area contributed by atoms with Crippen molar-refractivity contribution in [1.29, 1.82) is 0 Å². The van der Waals surface area contributed by atoms with Gasteiger partial charge in [0.15, 0.2) is 0 Å². The molecule has 9 rings (SSSR count). The smallest absolute Gasteiger partial charge is 0.323 e. The Morgan fingerprint density at radius 2 is 0.944 bits per heavy atom. The summed E-state index contributed by atoms with van der Waals surface area (Å²) in [6.07, 6.45) is 20.6. The fourth-order valence-electron chi connectivity index (χ4n) is 11.2. The van der Waals surface area contributed by atoms with Crippen molar-refractivity contribution in [2.24, 2.45) is 0 Å². The number of aliphatic hydroxyl groups excluding tert-OH is 5. The molecule has 0 aromatic carbocycles. The number of fused-ring (bicyclic) bond motifs is 2. The average molecular weight is 1330 g/mol. The number of methoxy groups -OCH3 is 1. The Kier molecular flexibility index (Phi) is 24.9. The first kappa shape index (κ1) is 75.4. The van der Waals surface area contributed by atoms with Gasteiger partial charge >= 0.3 is 24.1 Å². The third-order valence-corrected chi connectivity index (χ3v) is 22.4. The molecule has 0 aromatic heterocycles. The van der Waals surface area contributed by atoms with E-state index in [1.807, 2.05) is 0 Å². The fourth-order valence-corrected chi connectivity index (χ4v) is 15.1. The first-order chi connectivity index (χ1) is 40.5. The highest BCUT2D eigenvalue weighted by atomic mass is 31.2. The number of carbonyl (C=O) groups excluding carboxylic acids is 4. The summed E-state index contributed by atoms with van der Waals surface area (Å²) >= 11 is 0. The van der Waals surface area contributed by atoms with E-state index in [0.29, 0.717) is 64.5 Å². The molecule has 9 aliphatic rings. The van der Waals surface area contributed by atoms with Crippen LogP contribution >= 0.6 is 27.5 Å². The van der Waals surface area contributed by atoms with E-state index in [4.69, 9.17) is 28.4 Å². The SMILES string of the molecule is C.C=C1NC(=O)NC=C1[C@@H]1O[C@@]2(CCP(=C)(C)C)CO[C@@H]1[C@@H]2O.C=C1NC(=O)NC=C1[C@@H]1O[C@H](CCP(=C)(C)C)[C@@H](O)[C@@]1(C)O.C=C1NC(=O)NC=C1[C@@H]1O[C@H](CCP(=C)(C)C)[C@@H](O)[C@H]1OC.C=C1NC(=O)NC=C1[C@@H]1O[C@](C)(CCP(=C)(C)C)[C@@H](O)[C@H]1O. The molecule has 0 aliphatic carbocycles. The largest absolute Gasteiger partial charge is 0.388 e. The number of hydrogen-bond donors (Lipinski definition) is 14. The summed E-state index contributed by atoms with van der Waals surface area (Å²) in [5.74, 6) is 0. The lowest BCUT2D eigenvalue weighted by atomic mass is 9.87. The number of hydrogen-bond acceptors (Lipinski definition) is 16. The van der Waals surface area contributed by atoms with Gasteiger partial charge in [-0.1, -0.05) is 33.7 Å². The van der Waals surface area contributed by atoms with Gasteiger partial charge in [0.1, 0.15) is 78.3 Å². The van der Waals surface area contributed by atoms with Crippen LogP contribution in [0.25, 0.3) is 0 Å². The molecule has 14 N–H and O–H groups in total. The second kappa shape index (κ2) is 29.3. The van der Waals surface area contributed by atoms with Crippen LogP contribution in [0.4, 0.5) is 19.2 Å². The molecular formula is C61H102N8O16P4. The topological polar surface area (TPSA) is 341 Å². The lowest BCUT2D eigenvalue weighted by molar-refractivity contribution is -0.132. The molecule has 0 spiro atoms. The molecule has 24 nitrogen and oxygen atoms in total. The fraction of sp³-hybridized carbons (Fsp3) is 0.607. The van der Waals surface area contributed by atoms with Crippen molar-refractivity contribution in [3.8, 4) is 0 Å². The predicted octanol–water partition coefficient (Wildman–Crippen LogP) is 3.62. The van der Waals surface area contributed by atoms with Crippen molar-refractivity contribution in [3.63, 3.8) is 0 Å². The van der Waals surface area contributed by atoms with Crippen LogP contribution in [0.2, 0.25) is 0 Å². The van der Waals surface area contributed by atoms with E-state index in [0.717, 1.165) is 37.5 Å². The number of amides is 8. The van der Waals surface area contributed by atoms with E-state index in [9.17, 15) is 49.8 Å². The first-order valence-electron chi connectivity index (χ1n) is 29.0. The van der Waals surface area contributed by atoms with E-state index in [2.05, 4.69) is 147 Å². The second-order valence-electron chi connectivity index (χ2n) is 27.0. The Morgan fingerprint density at radius 3 is 1.37 bits per heavy atom. The number of carbonyl (C=O) groups is 4. The maximum atomic E-state index is 11.3. The summed E-state index contributed by atoms with van der Waals surface area (Å²) < 4.78 is 35.3. The van der Waals surface area contributed by atoms with Crippen molar-refractivity contribution in [2.75, 3.05) is 91.7 Å². The Bertz CT molecular complexity index is 2960. The number of ether oxygens (including phenoxy) is 6. The monoisotopic (exact) mass is 1330 g/mol. The summed E-state index contributed by atoms with van der Waals surface area (Å²) in [6.45, 7) is 31.2. The second-order valence-corrected chi connectivity index (χ2v) is 44.3. The third kappa shape index (κ3) is 19.0. The number of rotatable bonds is 17. The van der Waals surface area contributed by atoms with Gasteiger partial charge in [0.2, 0.25) is 0 Å². The van der Waals surface area contributed by atoms with Crippen molar-refractivity contribution in [2.45, 2.75) is 143 Å². The highest BCUT2D eigenvalue weighted by molar-refractivity contribution is 7.73. The minimum absolute atomic E-state index is 0. The average Bonchev–Trinajstić information content (AvgIpc) is 1.60. The lowest BCUT2D eigenvalue weighted by Gasteiger charge is -2.34. The minimum atomic E-state index is -1.45. The third-order valence-electron chi connectivity index (χ3n) is 16.6. The molecule has 5 fully saturated rings. The molecule has 502 valence electrons. The van der Waals surface area contributed by atoms with Gasteiger partial charge in [0.05, 0.1) is 24.4 Å². The van der Waals surface area contributed by atoms with Gasteiger partial charge < -0.3 is 102 Å². The molecule has 16 atom stereocenters. The molecule has 9 heterocycles. The van der Waals surface area contributed by atoms with Crippen molar-refractivity contribution in [1.82, 2.24) is 42.5 Å². The van der Waals surface area contributed by atoms with Crippen LogP contribution in [0.3, 0.4) is 0 Å². The zero-order valence-corrected chi connectivity index (χ0v) is 56.5. The highest BCUT2D eigenvalue weighted by Crippen LogP contribution is 2.50. The van der Waals surface area contributed by atoms with Gasteiger partial charge in [-0.15, -0.1) is 52.7 Å². The Morgan fingerprint density at radius 1 is 0.539 bits per heavy atom. The van der Waals surface area contributed by atoms with Crippen molar-refractivity contribution in [3.05, 3.63) is 96.2 Å². The van der Waals surface area contributed by atoms with Gasteiger partial charge in [-0.05, 0) is 117 Å². The molecular weight excluding hydrogens is 1220 g/mol. The highest BCUT2D eigenvalue weighted by Gasteiger charge is 2.62. The molecule has 89 heavy (non-hydrogen) atoms. The summed E-state index contributed by atoms with van der Waals surface area (Å²) in [5.41, 5.74) is 1.20. The van der Waals surface area contributed by atoms with Gasteiger partial charge in [-0.3, -0.25) is 0 Å². The molecule has 0 saturated carbocycles. The zero-order valence-electron chi connectivity index (χ0n) is 52.9. The molecule has 9 aliphatic heterocycles. The molecule has 0 unspecified atom stereocenters. The quantitative estimate of drug-likeness (QED) is 0.0925. The van der Waals surface area contributed by atoms with E-state index in [1.54, 1.807) is 26.4 Å². The molecule has 0 radical (unpaired) electrons. The standard InChI is InChI=1S/C15H23N2O4P.3C15H25N2O4P.CH4/c1-9-10(7-16-14(19)17-9)11-12-13(18)15(21-11,8-20-12)5-6-22(2,3)4;1-9-10(8-16-14(20)17-9)12-11(18)13(19)15(2,21-12)6-7-22(3,4)5;1-9-10(8-16-14(19)17-9)13-15(2,20)12(18)11(21-13)6-7-22(3,4)5;1-9-10(8-16-15(19)17-9)13-14(20-2)12(18)11(21-13)6-7-22(3,4)5;/h7,11-13,18H,1-2,5-6,8H2,3-4H3,(H2,16,17,19);8,11-13,18-19H,1,3,6-7H2,2,4-5H3,(H2,16,17,20);8,11-13,18,20H,1,3,6-7H2,2,4-5H3,(H2,16,17,19);8,11-14,18H,1,3,6-7H2,2,4-5H3,(H2,16,17,19);1H4/t11-,12-,13-,15-;11-,12-,13-,15+;11-,12-,13+,15-;11-,12-,13+,14-;/m0011./s1. The van der Waals surface area contributed by atoms with E-state index >= 15 is 0 Å². The van der Waals surface area contributed by atoms with Crippen LogP contribution in [0.15, 0.2) is 96.2 Å². The Balaban J connectivity index is 0.000000215. The first-order valence-corrected chi connectivity index (χ1v) is 41.2. The maximum absolute atomic E-state index is 11.3. The number of urea groups is 4. The summed E-state index contributed by atoms with van der Waals surface area (Å²) in [7, 11) is 1.54. The molecule has 2 bridgehead atoms. The molecule has 8 amide bonds. The maximum Gasteiger partial charge on any atom is 0.323 e. The van der Waals surface area contributed by atoms with Gasteiger partial charge in [0.25, 0.3) is 0 Å². The summed E-state index contributed by atoms with van der Waals surface area (Å²) in [6, 6.07) is -1.42. The Hall–Kier alpha value is -4.28. The molecule has 5 saturated heterocycles. The van der Waals surface area contributed by atoms with Gasteiger partial charge in [0, 0.05) is 77.0 Å². The lowest BCUT2D eigenvalue weighted by Crippen LogP contribution is -2.49. The summed E-state index contributed by atoms with van der Waals surface area (Å²) in [4.78, 5) is 45.0. The van der Waals surface area contributed by atoms with Crippen LogP contribution in [0, 0.1) is 0 Å². The van der Waals surface area contributed by atoms with Gasteiger partial charge in [-0.25, -0.2) is 19.2 Å². The van der Waals surface area contributed by atoms with E-state index in [1.165, 1.54) is 19.3 Å². The van der Waals surface area contributed by atoms with Crippen LogP contribution in [-0.2, 0) is 28.4 Å². The van der Waals surface area contributed by atoms with Crippen molar-refractivity contribution < 1.29 is 78.2 Å². The molecule has 0 aromatic rings. The summed E-state index contributed by atoms with van der Waals surface area (Å²) in [5, 5.41) is 83.4. The van der Waals surface area contributed by atoms with Crippen molar-refractivity contribution >= 4 is 76.9 Å². The van der Waals surface area contributed by atoms with Crippen LogP contribution in [-0.4, -0.2) is 268 Å². The van der Waals surface area contributed by atoms with E-state index < -0.39 is 118 Å². The van der Waals surface area contributed by atoms with Gasteiger partial charge in [-0.2, -0.15) is 0 Å². The minimum Gasteiger partial charge on any atom is -0.388 e. The molecule has 28 heteroatoms. The van der Waals surface area contributed by atoms with Crippen LogP contribution in [0.1, 0.15) is 47.0 Å². The van der Waals surface area contributed by atoms with Crippen LogP contribution in [0.5, 0.6) is 0 Å². The zero-order chi connectivity index (χ0) is 66.0.